The second-order valence-corrected chi connectivity index (χ2v) is 22.0. The number of anilines is 4. The minimum absolute atomic E-state index is 0.457. The lowest BCUT2D eigenvalue weighted by Gasteiger charge is -2.20. The molecule has 0 fully saturated rings. The van der Waals surface area contributed by atoms with Gasteiger partial charge in [0.2, 0.25) is 0 Å². The fourth-order valence-electron chi connectivity index (χ4n) is 6.59. The SMILES string of the molecule is CCCN.CN(c1ccccc1)c1ccc2c(/C=C/c3ccccc3)n[nH]c2c1.CN(c1ccccc1)c1ccc2c(/C=C/c3ccccc3)nn(COCC[Si](C)(C)C)c2c1. The third kappa shape index (κ3) is 12.7. The first kappa shape index (κ1) is 45.0. The van der Waals surface area contributed by atoms with E-state index in [1.54, 1.807) is 0 Å². The van der Waals surface area contributed by atoms with Crippen molar-refractivity contribution in [2.75, 3.05) is 37.0 Å². The lowest BCUT2D eigenvalue weighted by Crippen LogP contribution is -2.22. The third-order valence-corrected chi connectivity index (χ3v) is 12.1. The van der Waals surface area contributed by atoms with Crippen LogP contribution >= 0.6 is 0 Å². The van der Waals surface area contributed by atoms with Crippen LogP contribution in [-0.4, -0.2) is 55.3 Å². The van der Waals surface area contributed by atoms with E-state index in [2.05, 4.69) is 194 Å². The summed E-state index contributed by atoms with van der Waals surface area (Å²) < 4.78 is 8.06. The highest BCUT2D eigenvalue weighted by molar-refractivity contribution is 6.76. The number of hydrogen-bond donors (Lipinski definition) is 2. The maximum Gasteiger partial charge on any atom is 0.140 e. The summed E-state index contributed by atoms with van der Waals surface area (Å²) >= 11 is 0. The summed E-state index contributed by atoms with van der Waals surface area (Å²) in [6.07, 6.45) is 9.44. The van der Waals surface area contributed by atoms with Gasteiger partial charge in [0.15, 0.2) is 0 Å². The van der Waals surface area contributed by atoms with Crippen LogP contribution in [0.3, 0.4) is 0 Å². The molecule has 3 N–H and O–H groups in total. The summed E-state index contributed by atoms with van der Waals surface area (Å²) in [6, 6.07) is 55.4. The van der Waals surface area contributed by atoms with Gasteiger partial charge in [0.25, 0.3) is 0 Å². The Balaban J connectivity index is 0.000000196. The summed E-state index contributed by atoms with van der Waals surface area (Å²) in [5.41, 5.74) is 15.9. The second-order valence-electron chi connectivity index (χ2n) is 16.3. The molecule has 0 aliphatic carbocycles. The first-order valence-electron chi connectivity index (χ1n) is 21.4. The van der Waals surface area contributed by atoms with Gasteiger partial charge in [-0.1, -0.05) is 136 Å². The van der Waals surface area contributed by atoms with E-state index < -0.39 is 8.07 Å². The molecule has 9 heteroatoms. The smallest absolute Gasteiger partial charge is 0.140 e. The zero-order valence-corrected chi connectivity index (χ0v) is 38.1. The molecule has 0 amide bonds. The Hall–Kier alpha value is -6.52. The van der Waals surface area contributed by atoms with Crippen LogP contribution in [0.1, 0.15) is 35.9 Å². The molecule has 0 atom stereocenters. The predicted octanol–water partition coefficient (Wildman–Crippen LogP) is 13.1. The normalized spacial score (nSPS) is 11.4. The molecule has 8 rings (SSSR count). The van der Waals surface area contributed by atoms with Crippen molar-refractivity contribution in [3.05, 3.63) is 180 Å². The van der Waals surface area contributed by atoms with Gasteiger partial charge >= 0.3 is 0 Å². The van der Waals surface area contributed by atoms with Crippen molar-refractivity contribution < 1.29 is 4.74 Å². The number of fused-ring (bicyclic) bond motifs is 2. The zero-order chi connectivity index (χ0) is 43.7. The number of nitrogens with two attached hydrogens (primary N) is 1. The van der Waals surface area contributed by atoms with E-state index in [1.165, 1.54) is 5.56 Å². The van der Waals surface area contributed by atoms with Crippen LogP contribution in [0.5, 0.6) is 0 Å². The molecule has 318 valence electrons. The molecule has 62 heavy (non-hydrogen) atoms. The number of nitrogens with one attached hydrogen (secondary N) is 1. The van der Waals surface area contributed by atoms with Crippen LogP contribution in [0, 0.1) is 0 Å². The highest BCUT2D eigenvalue weighted by Crippen LogP contribution is 2.30. The number of nitrogens with zero attached hydrogens (tertiary/aromatic N) is 5. The van der Waals surface area contributed by atoms with E-state index in [0.717, 1.165) is 87.1 Å². The average Bonchev–Trinajstić information content (AvgIpc) is 3.89. The molecule has 6 aromatic carbocycles. The van der Waals surface area contributed by atoms with E-state index in [1.807, 2.05) is 53.2 Å². The van der Waals surface area contributed by atoms with E-state index in [-0.39, 0.29) is 0 Å². The number of para-hydroxylation sites is 2. The topological polar surface area (TPSA) is 88.2 Å². The van der Waals surface area contributed by atoms with Crippen LogP contribution in [0.15, 0.2) is 158 Å². The summed E-state index contributed by atoms with van der Waals surface area (Å²) in [5.74, 6) is 0. The number of aromatic amines is 1. The minimum atomic E-state index is -1.13. The molecule has 0 saturated heterocycles. The van der Waals surface area contributed by atoms with Gasteiger partial charge < -0.3 is 20.3 Å². The number of benzene rings is 6. The predicted molar refractivity (Wildman–Crippen MR) is 269 cm³/mol. The van der Waals surface area contributed by atoms with Crippen molar-refractivity contribution in [1.29, 1.82) is 0 Å². The van der Waals surface area contributed by atoms with Crippen LogP contribution in [-0.2, 0) is 11.5 Å². The van der Waals surface area contributed by atoms with Crippen molar-refractivity contribution in [2.24, 2.45) is 5.73 Å². The molecule has 0 radical (unpaired) electrons. The van der Waals surface area contributed by atoms with E-state index >= 15 is 0 Å². The molecular weight excluding hydrogens is 779 g/mol. The molecular formula is C53H61N7OSi. The van der Waals surface area contributed by atoms with Gasteiger partial charge in [-0.25, -0.2) is 4.68 Å². The molecule has 0 aliphatic heterocycles. The van der Waals surface area contributed by atoms with Crippen LogP contribution in [0.2, 0.25) is 25.7 Å². The molecule has 2 heterocycles. The lowest BCUT2D eigenvalue weighted by atomic mass is 10.1. The number of rotatable bonds is 14. The second kappa shape index (κ2) is 22.4. The number of ether oxygens (including phenoxy) is 1. The first-order chi connectivity index (χ1) is 30.1. The van der Waals surface area contributed by atoms with Gasteiger partial charge in [-0.15, -0.1) is 0 Å². The van der Waals surface area contributed by atoms with E-state index in [4.69, 9.17) is 15.6 Å². The highest BCUT2D eigenvalue weighted by atomic mass is 28.3. The maximum atomic E-state index is 6.06. The summed E-state index contributed by atoms with van der Waals surface area (Å²) in [5, 5.41) is 14.8. The highest BCUT2D eigenvalue weighted by Gasteiger charge is 2.15. The van der Waals surface area contributed by atoms with E-state index in [9.17, 15) is 0 Å². The van der Waals surface area contributed by atoms with Crippen LogP contribution in [0.4, 0.5) is 22.7 Å². The lowest BCUT2D eigenvalue weighted by molar-refractivity contribution is 0.0816. The Kier molecular flexibility index (Phi) is 16.2. The zero-order valence-electron chi connectivity index (χ0n) is 37.1. The van der Waals surface area contributed by atoms with Crippen molar-refractivity contribution in [2.45, 2.75) is 45.8 Å². The largest absolute Gasteiger partial charge is 0.360 e. The first-order valence-corrected chi connectivity index (χ1v) is 25.1. The summed E-state index contributed by atoms with van der Waals surface area (Å²) in [4.78, 5) is 4.36. The molecule has 0 spiro atoms. The maximum absolute atomic E-state index is 6.06. The summed E-state index contributed by atoms with van der Waals surface area (Å²) in [7, 11) is 3.04. The van der Waals surface area contributed by atoms with Gasteiger partial charge in [0.1, 0.15) is 6.73 Å². The Morgan fingerprint density at radius 2 is 1.10 bits per heavy atom. The molecule has 2 aromatic heterocycles. The van der Waals surface area contributed by atoms with Gasteiger partial charge in [-0.05, 0) is 103 Å². The molecule has 8 aromatic rings. The minimum Gasteiger partial charge on any atom is -0.360 e. The van der Waals surface area contributed by atoms with Crippen molar-refractivity contribution in [1.82, 2.24) is 20.0 Å². The molecule has 0 bridgehead atoms. The molecule has 0 aliphatic rings. The molecule has 8 nitrogen and oxygen atoms in total. The van der Waals surface area contributed by atoms with Crippen LogP contribution in [0.25, 0.3) is 46.1 Å². The van der Waals surface area contributed by atoms with Gasteiger partial charge in [-0.3, -0.25) is 5.10 Å². The van der Waals surface area contributed by atoms with Crippen LogP contribution < -0.4 is 15.5 Å². The number of H-pyrrole nitrogens is 1. The third-order valence-electron chi connectivity index (χ3n) is 10.4. The van der Waals surface area contributed by atoms with Gasteiger partial charge in [0.05, 0.1) is 22.4 Å². The summed E-state index contributed by atoms with van der Waals surface area (Å²) in [6.45, 7) is 11.2. The van der Waals surface area contributed by atoms with Crippen molar-refractivity contribution in [3.63, 3.8) is 0 Å². The average molecular weight is 840 g/mol. The van der Waals surface area contributed by atoms with Crippen molar-refractivity contribution >= 4 is 76.9 Å². The standard InChI is InChI=1S/C28H33N3OSi.C22H19N3.C3H9N/c1-30(24-13-9-6-10-14-24)25-16-17-26-27(18-15-23-11-7-5-8-12-23)29-31(28(26)21-25)22-32-19-20-33(2,3)4;1-25(18-10-6-3-7-11-18)19-13-14-20-21(23-24-22(20)16-19)15-12-17-8-4-2-5-9-17;1-2-3-4/h5-18,21H,19-20,22H2,1-4H3;2-16H,1H3,(H,23,24);2-4H2,1H3/b18-15+;15-12+;. The van der Waals surface area contributed by atoms with Gasteiger partial charge in [0, 0.05) is 62.3 Å². The Morgan fingerprint density at radius 1 is 0.613 bits per heavy atom. The Morgan fingerprint density at radius 3 is 1.61 bits per heavy atom. The Bertz CT molecular complexity index is 2610. The molecule has 0 saturated carbocycles. The van der Waals surface area contributed by atoms with Gasteiger partial charge in [-0.2, -0.15) is 10.2 Å². The monoisotopic (exact) mass is 839 g/mol. The fraction of sp³-hybridized carbons (Fsp3) is 0.208. The fourth-order valence-corrected chi connectivity index (χ4v) is 7.35. The molecule has 0 unspecified atom stereocenters. The quantitative estimate of drug-likeness (QED) is 0.0838. The van der Waals surface area contributed by atoms with Crippen molar-refractivity contribution in [3.8, 4) is 0 Å². The van der Waals surface area contributed by atoms with E-state index in [0.29, 0.717) is 6.73 Å². The number of aromatic nitrogens is 4. The number of hydrogen-bond acceptors (Lipinski definition) is 6. The Labute approximate surface area is 369 Å².